The molecule has 1 saturated heterocycles. The van der Waals surface area contributed by atoms with E-state index in [0.29, 0.717) is 12.1 Å². The van der Waals surface area contributed by atoms with E-state index in [9.17, 15) is 0 Å². The van der Waals surface area contributed by atoms with Gasteiger partial charge >= 0.3 is 0 Å². The molecule has 1 fully saturated rings. The zero-order valence-electron chi connectivity index (χ0n) is 15.7. The Hall–Kier alpha value is -2.91. The second kappa shape index (κ2) is 6.36. The predicted octanol–water partition coefficient (Wildman–Crippen LogP) is 4.68. The van der Waals surface area contributed by atoms with Crippen molar-refractivity contribution in [1.82, 2.24) is 4.90 Å². The molecule has 0 spiro atoms. The summed E-state index contributed by atoms with van der Waals surface area (Å²) in [6, 6.07) is 31.0. The number of aliphatic imine (C=N–C) groups is 1. The standard InChI is InChI=1S/C24H23N3/c1-26(2)20-15-13-19(14-16-20)24-25-21(17-9-5-3-6-10-17)23-22(27(23)24)18-11-7-4-8-12-18/h3-16,22-24H,1-2H3/t22-,23-,24+,27?/m0/s1. The maximum absolute atomic E-state index is 5.14. The monoisotopic (exact) mass is 353 g/mol. The molecule has 134 valence electrons. The van der Waals surface area contributed by atoms with Gasteiger partial charge in [-0.15, -0.1) is 0 Å². The van der Waals surface area contributed by atoms with Gasteiger partial charge in [-0.05, 0) is 28.8 Å². The summed E-state index contributed by atoms with van der Waals surface area (Å²) in [6.07, 6.45) is 0.0895. The van der Waals surface area contributed by atoms with Crippen LogP contribution in [-0.4, -0.2) is 30.7 Å². The Labute approximate surface area is 160 Å². The van der Waals surface area contributed by atoms with Crippen LogP contribution in [0.3, 0.4) is 0 Å². The Morgan fingerprint density at radius 1 is 0.704 bits per heavy atom. The van der Waals surface area contributed by atoms with Gasteiger partial charge in [0.25, 0.3) is 0 Å². The van der Waals surface area contributed by atoms with Crippen LogP contribution in [0.2, 0.25) is 0 Å². The first-order valence-electron chi connectivity index (χ1n) is 9.47. The maximum Gasteiger partial charge on any atom is 0.129 e. The highest BCUT2D eigenvalue weighted by atomic mass is 15.5. The van der Waals surface area contributed by atoms with Crippen LogP contribution in [0.5, 0.6) is 0 Å². The Balaban J connectivity index is 1.53. The van der Waals surface area contributed by atoms with Crippen molar-refractivity contribution in [2.45, 2.75) is 18.2 Å². The summed E-state index contributed by atoms with van der Waals surface area (Å²) in [5.41, 5.74) is 6.30. The molecule has 3 heteroatoms. The van der Waals surface area contributed by atoms with Crippen molar-refractivity contribution in [3.63, 3.8) is 0 Å². The van der Waals surface area contributed by atoms with Crippen LogP contribution < -0.4 is 4.90 Å². The first kappa shape index (κ1) is 16.3. The fourth-order valence-electron chi connectivity index (χ4n) is 4.17. The first-order chi connectivity index (χ1) is 13.2. The first-order valence-corrected chi connectivity index (χ1v) is 9.47. The van der Waals surface area contributed by atoms with Gasteiger partial charge in [0.2, 0.25) is 0 Å². The number of benzene rings is 3. The van der Waals surface area contributed by atoms with Crippen LogP contribution in [-0.2, 0) is 0 Å². The molecular formula is C24H23N3. The van der Waals surface area contributed by atoms with Gasteiger partial charge in [-0.25, -0.2) is 0 Å². The van der Waals surface area contributed by atoms with E-state index < -0.39 is 0 Å². The lowest BCUT2D eigenvalue weighted by Gasteiger charge is -2.17. The van der Waals surface area contributed by atoms with Gasteiger partial charge in [-0.1, -0.05) is 72.8 Å². The van der Waals surface area contributed by atoms with E-state index in [2.05, 4.69) is 109 Å². The van der Waals surface area contributed by atoms with Crippen LogP contribution in [0.15, 0.2) is 89.9 Å². The lowest BCUT2D eigenvalue weighted by molar-refractivity contribution is 0.404. The second-order valence-corrected chi connectivity index (χ2v) is 7.49. The van der Waals surface area contributed by atoms with Gasteiger partial charge in [0, 0.05) is 19.8 Å². The largest absolute Gasteiger partial charge is 0.378 e. The molecule has 2 aliphatic rings. The van der Waals surface area contributed by atoms with Gasteiger partial charge < -0.3 is 4.90 Å². The molecule has 0 saturated carbocycles. The minimum absolute atomic E-state index is 0.0895. The van der Waals surface area contributed by atoms with Crippen molar-refractivity contribution in [3.05, 3.63) is 102 Å². The summed E-state index contributed by atoms with van der Waals surface area (Å²) in [4.78, 5) is 9.80. The lowest BCUT2D eigenvalue weighted by Crippen LogP contribution is -2.10. The van der Waals surface area contributed by atoms with E-state index in [-0.39, 0.29) is 6.17 Å². The van der Waals surface area contributed by atoms with Crippen LogP contribution in [0.4, 0.5) is 5.69 Å². The summed E-state index contributed by atoms with van der Waals surface area (Å²) in [7, 11) is 4.14. The highest BCUT2D eigenvalue weighted by Gasteiger charge is 2.59. The zero-order valence-corrected chi connectivity index (χ0v) is 15.7. The average Bonchev–Trinajstić information content (AvgIpc) is 3.33. The Kier molecular flexibility index (Phi) is 3.83. The van der Waals surface area contributed by atoms with Crippen molar-refractivity contribution < 1.29 is 0 Å². The maximum atomic E-state index is 5.14. The molecule has 2 heterocycles. The van der Waals surface area contributed by atoms with E-state index in [1.807, 2.05) is 0 Å². The van der Waals surface area contributed by atoms with Gasteiger partial charge in [0.1, 0.15) is 6.17 Å². The van der Waals surface area contributed by atoms with Crippen molar-refractivity contribution in [1.29, 1.82) is 0 Å². The Bertz CT molecular complexity index is 962. The highest BCUT2D eigenvalue weighted by Crippen LogP contribution is 2.55. The fourth-order valence-corrected chi connectivity index (χ4v) is 4.17. The normalized spacial score (nSPS) is 25.6. The summed E-state index contributed by atoms with van der Waals surface area (Å²) >= 11 is 0. The molecule has 3 aromatic rings. The molecule has 0 amide bonds. The summed E-state index contributed by atoms with van der Waals surface area (Å²) in [5.74, 6) is 0. The number of hydrogen-bond donors (Lipinski definition) is 0. The predicted molar refractivity (Wildman–Crippen MR) is 111 cm³/mol. The number of rotatable bonds is 4. The summed E-state index contributed by atoms with van der Waals surface area (Å²) < 4.78 is 0. The highest BCUT2D eigenvalue weighted by molar-refractivity contribution is 6.08. The van der Waals surface area contributed by atoms with Crippen molar-refractivity contribution in [2.24, 2.45) is 4.99 Å². The molecule has 3 nitrogen and oxygen atoms in total. The topological polar surface area (TPSA) is 18.6 Å². The Morgan fingerprint density at radius 3 is 1.96 bits per heavy atom. The molecule has 0 aromatic heterocycles. The zero-order chi connectivity index (χ0) is 18.4. The van der Waals surface area contributed by atoms with Crippen molar-refractivity contribution in [2.75, 3.05) is 19.0 Å². The van der Waals surface area contributed by atoms with Crippen LogP contribution in [0.25, 0.3) is 0 Å². The van der Waals surface area contributed by atoms with Gasteiger partial charge in [-0.3, -0.25) is 9.89 Å². The summed E-state index contributed by atoms with van der Waals surface area (Å²) in [6.45, 7) is 0. The fraction of sp³-hybridized carbons (Fsp3) is 0.208. The lowest BCUT2D eigenvalue weighted by atomic mass is 10.0. The smallest absolute Gasteiger partial charge is 0.129 e. The number of hydrogen-bond acceptors (Lipinski definition) is 3. The second-order valence-electron chi connectivity index (χ2n) is 7.49. The third kappa shape index (κ3) is 2.75. The van der Waals surface area contributed by atoms with E-state index in [1.165, 1.54) is 28.1 Å². The summed E-state index contributed by atoms with van der Waals surface area (Å²) in [5, 5.41) is 0. The van der Waals surface area contributed by atoms with E-state index in [4.69, 9.17) is 4.99 Å². The van der Waals surface area contributed by atoms with Crippen molar-refractivity contribution >= 4 is 11.4 Å². The van der Waals surface area contributed by atoms with Crippen molar-refractivity contribution in [3.8, 4) is 0 Å². The molecule has 2 aliphatic heterocycles. The van der Waals surface area contributed by atoms with Crippen LogP contribution in [0.1, 0.15) is 28.9 Å². The SMILES string of the molecule is CN(C)c1ccc([C@@H]2N=C(c3ccccc3)[C@H]3[C@H](c4ccccc4)N23)cc1. The van der Waals surface area contributed by atoms with Gasteiger partial charge in [0.05, 0.1) is 17.8 Å². The number of nitrogens with zero attached hydrogens (tertiary/aromatic N) is 3. The van der Waals surface area contributed by atoms with E-state index in [1.54, 1.807) is 0 Å². The van der Waals surface area contributed by atoms with E-state index >= 15 is 0 Å². The quantitative estimate of drug-likeness (QED) is 0.634. The third-order valence-corrected chi connectivity index (χ3v) is 5.59. The number of anilines is 1. The third-order valence-electron chi connectivity index (χ3n) is 5.59. The van der Waals surface area contributed by atoms with E-state index in [0.717, 1.165) is 0 Å². The molecular weight excluding hydrogens is 330 g/mol. The molecule has 5 rings (SSSR count). The van der Waals surface area contributed by atoms with Gasteiger partial charge in [0.15, 0.2) is 0 Å². The molecule has 4 atom stereocenters. The molecule has 27 heavy (non-hydrogen) atoms. The van der Waals surface area contributed by atoms with Crippen LogP contribution >= 0.6 is 0 Å². The molecule has 0 aliphatic carbocycles. The molecule has 0 N–H and O–H groups in total. The molecule has 3 aromatic carbocycles. The Morgan fingerprint density at radius 2 is 1.33 bits per heavy atom. The number of fused-ring (bicyclic) bond motifs is 1. The molecule has 1 unspecified atom stereocenters. The molecule has 0 radical (unpaired) electrons. The minimum Gasteiger partial charge on any atom is -0.378 e. The molecule has 0 bridgehead atoms. The van der Waals surface area contributed by atoms with Crippen LogP contribution in [0, 0.1) is 0 Å². The average molecular weight is 353 g/mol. The van der Waals surface area contributed by atoms with Gasteiger partial charge in [-0.2, -0.15) is 0 Å². The minimum atomic E-state index is 0.0895.